The number of nitrogens with one attached hydrogen (secondary N) is 1. The number of para-hydroxylation sites is 2. The van der Waals surface area contributed by atoms with Gasteiger partial charge in [-0.15, -0.1) is 0 Å². The Balaban J connectivity index is 1.20. The number of aromatic nitrogens is 2. The van der Waals surface area contributed by atoms with Crippen molar-refractivity contribution in [2.75, 3.05) is 56.0 Å². The van der Waals surface area contributed by atoms with Crippen LogP contribution in [0.3, 0.4) is 0 Å². The molecular weight excluding hydrogens is 428 g/mol. The summed E-state index contributed by atoms with van der Waals surface area (Å²) in [7, 11) is 0. The summed E-state index contributed by atoms with van der Waals surface area (Å²) in [6.07, 6.45) is 6.32. The van der Waals surface area contributed by atoms with Crippen LogP contribution in [0.15, 0.2) is 28.8 Å². The minimum atomic E-state index is -0.137. The lowest BCUT2D eigenvalue weighted by molar-refractivity contribution is 0.169. The Labute approximate surface area is 202 Å². The van der Waals surface area contributed by atoms with E-state index in [1.165, 1.54) is 6.42 Å². The highest BCUT2D eigenvalue weighted by atomic mass is 16.5. The SMILES string of the molecule is CCCN1CCCN(c2ccccc2NC(=O)N2CCC(C)(c3noc(C4CC4)n3)CC2)CC1. The van der Waals surface area contributed by atoms with Crippen LogP contribution < -0.4 is 10.2 Å². The number of nitrogens with zero attached hydrogens (tertiary/aromatic N) is 5. The summed E-state index contributed by atoms with van der Waals surface area (Å²) in [6.45, 7) is 11.2. The summed E-state index contributed by atoms with van der Waals surface area (Å²) in [5.74, 6) is 2.06. The molecule has 184 valence electrons. The third-order valence-electron chi connectivity index (χ3n) is 7.68. The lowest BCUT2D eigenvalue weighted by atomic mass is 9.80. The minimum absolute atomic E-state index is 0.0243. The smallest absolute Gasteiger partial charge is 0.321 e. The molecule has 2 saturated heterocycles. The summed E-state index contributed by atoms with van der Waals surface area (Å²) in [4.78, 5) is 24.8. The highest BCUT2D eigenvalue weighted by molar-refractivity contribution is 5.93. The van der Waals surface area contributed by atoms with Gasteiger partial charge in [-0.1, -0.05) is 31.1 Å². The molecule has 8 nitrogen and oxygen atoms in total. The molecule has 3 fully saturated rings. The Morgan fingerprint density at radius 1 is 1.12 bits per heavy atom. The third-order valence-corrected chi connectivity index (χ3v) is 7.68. The third kappa shape index (κ3) is 5.06. The first-order chi connectivity index (χ1) is 16.6. The summed E-state index contributed by atoms with van der Waals surface area (Å²) in [5, 5.41) is 7.49. The van der Waals surface area contributed by atoms with Crippen LogP contribution in [0.25, 0.3) is 0 Å². The molecule has 0 radical (unpaired) electrons. The maximum absolute atomic E-state index is 13.2. The minimum Gasteiger partial charge on any atom is -0.369 e. The Kier molecular flexibility index (Phi) is 6.77. The Hall–Kier alpha value is -2.61. The van der Waals surface area contributed by atoms with Gasteiger partial charge in [0, 0.05) is 44.1 Å². The molecular formula is C26H38N6O2. The van der Waals surface area contributed by atoms with Crippen LogP contribution in [-0.2, 0) is 5.41 Å². The normalized spacial score (nSPS) is 21.4. The van der Waals surface area contributed by atoms with E-state index in [4.69, 9.17) is 4.52 Å². The van der Waals surface area contributed by atoms with Gasteiger partial charge in [-0.3, -0.25) is 0 Å². The fourth-order valence-electron chi connectivity index (χ4n) is 5.20. The topological polar surface area (TPSA) is 77.7 Å². The molecule has 2 amide bonds. The van der Waals surface area contributed by atoms with Crippen LogP contribution in [0.5, 0.6) is 0 Å². The van der Waals surface area contributed by atoms with Gasteiger partial charge in [0.2, 0.25) is 5.89 Å². The quantitative estimate of drug-likeness (QED) is 0.678. The maximum Gasteiger partial charge on any atom is 0.321 e. The molecule has 3 heterocycles. The second-order valence-corrected chi connectivity index (χ2v) is 10.4. The summed E-state index contributed by atoms with van der Waals surface area (Å²) < 4.78 is 5.50. The highest BCUT2D eigenvalue weighted by Crippen LogP contribution is 2.41. The predicted octanol–water partition coefficient (Wildman–Crippen LogP) is 4.45. The molecule has 8 heteroatoms. The first kappa shape index (κ1) is 23.1. The molecule has 2 aliphatic heterocycles. The zero-order chi connectivity index (χ0) is 23.5. The number of hydrogen-bond acceptors (Lipinski definition) is 6. The molecule has 1 N–H and O–H groups in total. The number of rotatable bonds is 6. The number of anilines is 2. The molecule has 34 heavy (non-hydrogen) atoms. The molecule has 0 bridgehead atoms. The summed E-state index contributed by atoms with van der Waals surface area (Å²) in [5.41, 5.74) is 1.88. The van der Waals surface area contributed by atoms with E-state index in [2.05, 4.69) is 51.2 Å². The van der Waals surface area contributed by atoms with Gasteiger partial charge in [0.1, 0.15) is 0 Å². The van der Waals surface area contributed by atoms with Crippen molar-refractivity contribution in [1.29, 1.82) is 0 Å². The fraction of sp³-hybridized carbons (Fsp3) is 0.654. The van der Waals surface area contributed by atoms with E-state index in [0.29, 0.717) is 19.0 Å². The molecule has 1 saturated carbocycles. The van der Waals surface area contributed by atoms with E-state index >= 15 is 0 Å². The zero-order valence-electron chi connectivity index (χ0n) is 20.6. The molecule has 0 atom stereocenters. The summed E-state index contributed by atoms with van der Waals surface area (Å²) in [6, 6.07) is 8.19. The van der Waals surface area contributed by atoms with Crippen molar-refractivity contribution in [3.8, 4) is 0 Å². The fourth-order valence-corrected chi connectivity index (χ4v) is 5.20. The maximum atomic E-state index is 13.2. The molecule has 1 aromatic heterocycles. The molecule has 1 aromatic carbocycles. The van der Waals surface area contributed by atoms with Gasteiger partial charge < -0.3 is 24.5 Å². The number of benzene rings is 1. The highest BCUT2D eigenvalue weighted by Gasteiger charge is 2.39. The summed E-state index contributed by atoms with van der Waals surface area (Å²) >= 11 is 0. The van der Waals surface area contributed by atoms with Crippen LogP contribution in [-0.4, -0.2) is 71.8 Å². The number of carbonyl (C=O) groups is 1. The van der Waals surface area contributed by atoms with Gasteiger partial charge in [0.25, 0.3) is 0 Å². The second kappa shape index (κ2) is 9.94. The van der Waals surface area contributed by atoms with Crippen LogP contribution in [0.4, 0.5) is 16.2 Å². The van der Waals surface area contributed by atoms with Gasteiger partial charge in [-0.2, -0.15) is 4.98 Å². The number of hydrogen-bond donors (Lipinski definition) is 1. The predicted molar refractivity (Wildman–Crippen MR) is 133 cm³/mol. The van der Waals surface area contributed by atoms with Crippen molar-refractivity contribution in [3.05, 3.63) is 36.0 Å². The Bertz CT molecular complexity index is 979. The van der Waals surface area contributed by atoms with Crippen LogP contribution >= 0.6 is 0 Å². The Morgan fingerprint density at radius 2 is 1.91 bits per heavy atom. The number of urea groups is 1. The average Bonchev–Trinajstić information content (AvgIpc) is 3.62. The number of likely N-dealkylation sites (tertiary alicyclic amines) is 1. The molecule has 3 aliphatic rings. The molecule has 0 unspecified atom stereocenters. The van der Waals surface area contributed by atoms with Crippen LogP contribution in [0, 0.1) is 0 Å². The molecule has 2 aromatic rings. The van der Waals surface area contributed by atoms with Crippen molar-refractivity contribution in [1.82, 2.24) is 19.9 Å². The number of piperidine rings is 1. The van der Waals surface area contributed by atoms with Crippen molar-refractivity contribution >= 4 is 17.4 Å². The van der Waals surface area contributed by atoms with Crippen molar-refractivity contribution in [2.24, 2.45) is 0 Å². The van der Waals surface area contributed by atoms with Crippen LogP contribution in [0.2, 0.25) is 0 Å². The van der Waals surface area contributed by atoms with E-state index in [1.54, 1.807) is 0 Å². The largest absolute Gasteiger partial charge is 0.369 e. The molecule has 1 aliphatic carbocycles. The monoisotopic (exact) mass is 466 g/mol. The van der Waals surface area contributed by atoms with E-state index in [-0.39, 0.29) is 11.4 Å². The standard InChI is InChI=1S/C26H38N6O2/c1-3-13-30-14-6-15-31(19-18-30)22-8-5-4-7-21(22)27-25(33)32-16-11-26(2,12-17-32)24-28-23(34-29-24)20-9-10-20/h4-5,7-8,20H,3,6,9-19H2,1-2H3,(H,27,33). The van der Waals surface area contributed by atoms with Crippen LogP contribution in [0.1, 0.15) is 70.0 Å². The molecule has 5 rings (SSSR count). The number of amides is 2. The van der Waals surface area contributed by atoms with E-state index < -0.39 is 0 Å². The average molecular weight is 467 g/mol. The van der Waals surface area contributed by atoms with Gasteiger partial charge >= 0.3 is 6.03 Å². The second-order valence-electron chi connectivity index (χ2n) is 10.4. The first-order valence-corrected chi connectivity index (χ1v) is 13.0. The molecule has 0 spiro atoms. The van der Waals surface area contributed by atoms with Gasteiger partial charge in [0.15, 0.2) is 5.82 Å². The van der Waals surface area contributed by atoms with Gasteiger partial charge in [0.05, 0.1) is 11.4 Å². The lowest BCUT2D eigenvalue weighted by Gasteiger charge is -2.37. The van der Waals surface area contributed by atoms with Crippen molar-refractivity contribution in [2.45, 2.75) is 63.7 Å². The van der Waals surface area contributed by atoms with E-state index in [0.717, 1.165) is 87.9 Å². The zero-order valence-corrected chi connectivity index (χ0v) is 20.6. The van der Waals surface area contributed by atoms with Gasteiger partial charge in [-0.05, 0) is 63.7 Å². The number of carbonyl (C=O) groups excluding carboxylic acids is 1. The van der Waals surface area contributed by atoms with E-state index in [9.17, 15) is 4.79 Å². The van der Waals surface area contributed by atoms with E-state index in [1.807, 2.05) is 17.0 Å². The Morgan fingerprint density at radius 3 is 2.68 bits per heavy atom. The lowest BCUT2D eigenvalue weighted by Crippen LogP contribution is -2.46. The van der Waals surface area contributed by atoms with Gasteiger partial charge in [-0.25, -0.2) is 4.79 Å². The first-order valence-electron chi connectivity index (χ1n) is 13.0. The van der Waals surface area contributed by atoms with Crippen molar-refractivity contribution < 1.29 is 9.32 Å². The van der Waals surface area contributed by atoms with Crippen molar-refractivity contribution in [3.63, 3.8) is 0 Å².